The Kier molecular flexibility index (Phi) is 10.8. The summed E-state index contributed by atoms with van der Waals surface area (Å²) in [4.78, 5) is 0. The van der Waals surface area contributed by atoms with Crippen molar-refractivity contribution in [3.63, 3.8) is 0 Å². The molecule has 220 valence electrons. The highest BCUT2D eigenvalue weighted by Gasteiger charge is 2.44. The Morgan fingerprint density at radius 3 is 1.62 bits per heavy atom. The van der Waals surface area contributed by atoms with E-state index in [-0.39, 0.29) is 12.7 Å². The van der Waals surface area contributed by atoms with Crippen molar-refractivity contribution in [2.75, 3.05) is 27.4 Å². The second kappa shape index (κ2) is 15.4. The number of methoxy groups -OCH3 is 2. The summed E-state index contributed by atoms with van der Waals surface area (Å²) in [6.45, 7) is 1.85. The van der Waals surface area contributed by atoms with E-state index < -0.39 is 18.3 Å². The first kappa shape index (κ1) is 29.6. The fraction of sp³-hybridized carbons (Fsp3) is 0.314. The lowest BCUT2D eigenvalue weighted by atomic mass is 9.99. The van der Waals surface area contributed by atoms with Gasteiger partial charge in [0.25, 0.3) is 0 Å². The third-order valence-electron chi connectivity index (χ3n) is 7.15. The maximum atomic E-state index is 6.63. The van der Waals surface area contributed by atoms with Gasteiger partial charge in [-0.25, -0.2) is 0 Å². The number of benzene rings is 4. The van der Waals surface area contributed by atoms with Gasteiger partial charge >= 0.3 is 0 Å². The third-order valence-corrected chi connectivity index (χ3v) is 7.15. The molecular formula is C35H38O7. The fourth-order valence-corrected chi connectivity index (χ4v) is 4.96. The molecule has 0 spiro atoms. The van der Waals surface area contributed by atoms with Gasteiger partial charge in [-0.15, -0.1) is 0 Å². The molecule has 1 heterocycles. The fourth-order valence-electron chi connectivity index (χ4n) is 4.96. The quantitative estimate of drug-likeness (QED) is 0.178. The highest BCUT2D eigenvalue weighted by Crippen LogP contribution is 2.39. The van der Waals surface area contributed by atoms with E-state index in [0.717, 1.165) is 16.7 Å². The molecule has 4 atom stereocenters. The van der Waals surface area contributed by atoms with Crippen LogP contribution in [-0.2, 0) is 38.8 Å². The molecule has 7 nitrogen and oxygen atoms in total. The second-order valence-corrected chi connectivity index (χ2v) is 10.0. The molecule has 0 bridgehead atoms. The smallest absolute Gasteiger partial charge is 0.203 e. The number of rotatable bonds is 14. The van der Waals surface area contributed by atoms with E-state index in [1.54, 1.807) is 14.2 Å². The van der Waals surface area contributed by atoms with E-state index in [1.165, 1.54) is 0 Å². The first-order valence-electron chi connectivity index (χ1n) is 14.2. The van der Waals surface area contributed by atoms with Crippen molar-refractivity contribution in [2.24, 2.45) is 0 Å². The van der Waals surface area contributed by atoms with Crippen LogP contribution >= 0.6 is 0 Å². The maximum absolute atomic E-state index is 6.63. The highest BCUT2D eigenvalue weighted by atomic mass is 16.6. The Balaban J connectivity index is 1.40. The van der Waals surface area contributed by atoms with Crippen LogP contribution in [0.1, 0.15) is 16.7 Å². The van der Waals surface area contributed by atoms with E-state index >= 15 is 0 Å². The highest BCUT2D eigenvalue weighted by molar-refractivity contribution is 5.51. The van der Waals surface area contributed by atoms with Gasteiger partial charge in [0.15, 0.2) is 17.6 Å². The average molecular weight is 571 g/mol. The summed E-state index contributed by atoms with van der Waals surface area (Å²) in [6.07, 6.45) is -1.85. The second-order valence-electron chi connectivity index (χ2n) is 10.0. The first-order valence-corrected chi connectivity index (χ1v) is 14.2. The lowest BCUT2D eigenvalue weighted by Crippen LogP contribution is -2.58. The Morgan fingerprint density at radius 1 is 0.595 bits per heavy atom. The molecular weight excluding hydrogens is 532 g/mol. The molecule has 0 N–H and O–H groups in total. The number of hydrogen-bond acceptors (Lipinski definition) is 7. The van der Waals surface area contributed by atoms with Crippen molar-refractivity contribution >= 4 is 0 Å². The van der Waals surface area contributed by atoms with Gasteiger partial charge in [0.05, 0.1) is 47.3 Å². The molecule has 0 saturated carbocycles. The summed E-state index contributed by atoms with van der Waals surface area (Å²) in [5.74, 6) is 1.61. The molecule has 7 heteroatoms. The summed E-state index contributed by atoms with van der Waals surface area (Å²) < 4.78 is 43.5. The molecule has 0 unspecified atom stereocenters. The zero-order valence-corrected chi connectivity index (χ0v) is 24.1. The Bertz CT molecular complexity index is 1310. The van der Waals surface area contributed by atoms with Crippen LogP contribution in [0.4, 0.5) is 0 Å². The van der Waals surface area contributed by atoms with E-state index in [9.17, 15) is 0 Å². The van der Waals surface area contributed by atoms with Gasteiger partial charge < -0.3 is 33.2 Å². The standard InChI is InChI=1S/C35H38O7/c1-36-29-19-12-20-30(37-2)33(29)42-32-25-39-31(24-38-21-26-13-6-3-7-14-26)34(40-22-27-15-8-4-9-16-27)35(32)41-23-28-17-10-5-11-18-28/h3-20,31-32,34-35H,21-25H2,1-2H3/t31-,32-,34-,35-/m1/s1. The number of hydrogen-bond donors (Lipinski definition) is 0. The minimum absolute atomic E-state index is 0.269. The van der Waals surface area contributed by atoms with E-state index in [1.807, 2.05) is 109 Å². The van der Waals surface area contributed by atoms with Crippen molar-refractivity contribution in [1.82, 2.24) is 0 Å². The van der Waals surface area contributed by atoms with Crippen LogP contribution in [0, 0.1) is 0 Å². The van der Waals surface area contributed by atoms with E-state index in [4.69, 9.17) is 33.2 Å². The molecule has 1 saturated heterocycles. The normalized spacial score (nSPS) is 20.1. The zero-order valence-electron chi connectivity index (χ0n) is 24.1. The Morgan fingerprint density at radius 2 is 1.10 bits per heavy atom. The van der Waals surface area contributed by atoms with E-state index in [2.05, 4.69) is 0 Å². The van der Waals surface area contributed by atoms with Crippen molar-refractivity contribution in [1.29, 1.82) is 0 Å². The predicted octanol–water partition coefficient (Wildman–Crippen LogP) is 6.24. The molecule has 0 radical (unpaired) electrons. The SMILES string of the molecule is COc1cccc(OC)c1O[C@@H]1CO[C@H](COCc2ccccc2)[C@@H](OCc2ccccc2)[C@@H]1OCc1ccccc1. The molecule has 4 aromatic carbocycles. The van der Waals surface area contributed by atoms with Crippen LogP contribution in [0.2, 0.25) is 0 Å². The summed E-state index contributed by atoms with van der Waals surface area (Å²) >= 11 is 0. The predicted molar refractivity (Wildman–Crippen MR) is 160 cm³/mol. The van der Waals surface area contributed by atoms with E-state index in [0.29, 0.717) is 43.7 Å². The van der Waals surface area contributed by atoms with Gasteiger partial charge in [-0.2, -0.15) is 0 Å². The molecule has 42 heavy (non-hydrogen) atoms. The largest absolute Gasteiger partial charge is 0.493 e. The average Bonchev–Trinajstić information content (AvgIpc) is 3.05. The van der Waals surface area contributed by atoms with Gasteiger partial charge in [0.1, 0.15) is 18.3 Å². The van der Waals surface area contributed by atoms with Crippen molar-refractivity contribution in [3.05, 3.63) is 126 Å². The molecule has 5 rings (SSSR count). The van der Waals surface area contributed by atoms with Crippen molar-refractivity contribution in [3.8, 4) is 17.2 Å². The molecule has 1 aliphatic rings. The molecule has 0 amide bonds. The third kappa shape index (κ3) is 7.89. The summed E-state index contributed by atoms with van der Waals surface area (Å²) in [5, 5.41) is 0. The molecule has 4 aromatic rings. The van der Waals surface area contributed by atoms with Crippen molar-refractivity contribution in [2.45, 2.75) is 44.2 Å². The molecule has 1 fully saturated rings. The lowest BCUT2D eigenvalue weighted by molar-refractivity contribution is -0.230. The first-order chi connectivity index (χ1) is 20.7. The summed E-state index contributed by atoms with van der Waals surface area (Å²) in [5.41, 5.74) is 3.20. The van der Waals surface area contributed by atoms with Gasteiger partial charge in [0, 0.05) is 0 Å². The maximum Gasteiger partial charge on any atom is 0.203 e. The van der Waals surface area contributed by atoms with Crippen LogP contribution in [0.5, 0.6) is 17.2 Å². The van der Waals surface area contributed by atoms with Crippen LogP contribution < -0.4 is 14.2 Å². The summed E-state index contributed by atoms with van der Waals surface area (Å²) in [7, 11) is 3.21. The van der Waals surface area contributed by atoms with Gasteiger partial charge in [-0.3, -0.25) is 0 Å². The summed E-state index contributed by atoms with van der Waals surface area (Å²) in [6, 6.07) is 35.8. The monoisotopic (exact) mass is 570 g/mol. The van der Waals surface area contributed by atoms with Crippen LogP contribution in [0.25, 0.3) is 0 Å². The molecule has 0 aromatic heterocycles. The van der Waals surface area contributed by atoms with Gasteiger partial charge in [-0.1, -0.05) is 97.1 Å². The van der Waals surface area contributed by atoms with Crippen LogP contribution in [-0.4, -0.2) is 51.8 Å². The minimum Gasteiger partial charge on any atom is -0.493 e. The van der Waals surface area contributed by atoms with Gasteiger partial charge in [0.2, 0.25) is 5.75 Å². The van der Waals surface area contributed by atoms with Crippen LogP contribution in [0.15, 0.2) is 109 Å². The number of para-hydroxylation sites is 1. The van der Waals surface area contributed by atoms with Gasteiger partial charge in [-0.05, 0) is 28.8 Å². The van der Waals surface area contributed by atoms with Crippen molar-refractivity contribution < 1.29 is 33.2 Å². The lowest BCUT2D eigenvalue weighted by Gasteiger charge is -2.42. The zero-order chi connectivity index (χ0) is 29.0. The minimum atomic E-state index is -0.509. The number of ether oxygens (including phenoxy) is 7. The topological polar surface area (TPSA) is 64.6 Å². The Labute approximate surface area is 247 Å². The van der Waals surface area contributed by atoms with Crippen LogP contribution in [0.3, 0.4) is 0 Å². The Hall–Kier alpha value is -3.88. The molecule has 1 aliphatic heterocycles. The molecule has 0 aliphatic carbocycles.